The van der Waals surface area contributed by atoms with Crippen molar-refractivity contribution in [1.29, 1.82) is 0 Å². The molecule has 0 bridgehead atoms. The molecule has 5 nitrogen and oxygen atoms in total. The Kier molecular flexibility index (Phi) is 53.4. The number of aliphatic hydroxyl groups excluding tert-OH is 3. The zero-order valence-electron chi connectivity index (χ0n) is 43.4. The van der Waals surface area contributed by atoms with Crippen molar-refractivity contribution in [1.82, 2.24) is 5.32 Å². The van der Waals surface area contributed by atoms with Crippen LogP contribution in [0.15, 0.2) is 24.3 Å². The standard InChI is InChI=1S/C59H115NO4/c1-3-5-7-9-11-13-15-17-19-21-23-24-25-26-27-28-29-30-31-32-33-35-36-38-40-42-44-46-48-50-52-56(62)54-59(64)60-57(55-61)58(63)53-51-49-47-45-43-41-39-37-34-22-20-18-16-14-12-10-8-6-4-2/h26-27,51,53,56-58,61-63H,3-25,28-50,52,54-55H2,1-2H3,(H,60,64)/b27-26-,53-51+. The highest BCUT2D eigenvalue weighted by Crippen LogP contribution is 2.18. The van der Waals surface area contributed by atoms with Gasteiger partial charge >= 0.3 is 0 Å². The van der Waals surface area contributed by atoms with E-state index in [0.29, 0.717) is 6.42 Å². The van der Waals surface area contributed by atoms with Crippen LogP contribution in [0.2, 0.25) is 0 Å². The highest BCUT2D eigenvalue weighted by Gasteiger charge is 2.20. The van der Waals surface area contributed by atoms with Crippen molar-refractivity contribution in [3.8, 4) is 0 Å². The average molecular weight is 903 g/mol. The molecule has 0 aromatic rings. The van der Waals surface area contributed by atoms with Crippen molar-refractivity contribution in [3.05, 3.63) is 24.3 Å². The molecule has 0 aliphatic heterocycles. The largest absolute Gasteiger partial charge is 0.394 e. The minimum absolute atomic E-state index is 0.0170. The molecular formula is C59H115NO4. The lowest BCUT2D eigenvalue weighted by Crippen LogP contribution is -2.45. The lowest BCUT2D eigenvalue weighted by atomic mass is 10.0. The summed E-state index contributed by atoms with van der Waals surface area (Å²) in [4.78, 5) is 12.5. The number of hydrogen-bond acceptors (Lipinski definition) is 4. The van der Waals surface area contributed by atoms with Crippen LogP contribution < -0.4 is 5.32 Å². The second-order valence-corrected chi connectivity index (χ2v) is 20.3. The van der Waals surface area contributed by atoms with Crippen LogP contribution in [0.4, 0.5) is 0 Å². The second-order valence-electron chi connectivity index (χ2n) is 20.3. The minimum Gasteiger partial charge on any atom is -0.394 e. The van der Waals surface area contributed by atoms with Crippen LogP contribution in [-0.2, 0) is 4.79 Å². The van der Waals surface area contributed by atoms with Gasteiger partial charge in [0.1, 0.15) is 0 Å². The van der Waals surface area contributed by atoms with Gasteiger partial charge in [0.15, 0.2) is 0 Å². The number of hydrogen-bond donors (Lipinski definition) is 4. The number of nitrogens with one attached hydrogen (secondary N) is 1. The fourth-order valence-electron chi connectivity index (χ4n) is 9.28. The third-order valence-electron chi connectivity index (χ3n) is 13.7. The molecule has 0 saturated heterocycles. The first-order valence-electron chi connectivity index (χ1n) is 29.1. The third kappa shape index (κ3) is 50.2. The summed E-state index contributed by atoms with van der Waals surface area (Å²) in [5.74, 6) is -0.310. The van der Waals surface area contributed by atoms with Crippen molar-refractivity contribution >= 4 is 5.91 Å². The Labute approximate surface area is 401 Å². The summed E-state index contributed by atoms with van der Waals surface area (Å²) in [5, 5.41) is 33.5. The fraction of sp³-hybridized carbons (Fsp3) is 0.915. The summed E-state index contributed by atoms with van der Waals surface area (Å²) in [6.07, 6.45) is 69.5. The van der Waals surface area contributed by atoms with E-state index >= 15 is 0 Å². The number of allylic oxidation sites excluding steroid dienone is 3. The molecular weight excluding hydrogens is 787 g/mol. The van der Waals surface area contributed by atoms with E-state index < -0.39 is 18.2 Å². The predicted molar refractivity (Wildman–Crippen MR) is 282 cm³/mol. The van der Waals surface area contributed by atoms with Gasteiger partial charge in [0.05, 0.1) is 31.3 Å². The van der Waals surface area contributed by atoms with Crippen LogP contribution in [0, 0.1) is 0 Å². The van der Waals surface area contributed by atoms with E-state index in [-0.39, 0.29) is 18.9 Å². The maximum Gasteiger partial charge on any atom is 0.222 e. The van der Waals surface area contributed by atoms with Crippen LogP contribution in [0.3, 0.4) is 0 Å². The molecule has 0 aromatic heterocycles. The first-order valence-corrected chi connectivity index (χ1v) is 29.1. The molecule has 3 atom stereocenters. The van der Waals surface area contributed by atoms with Crippen molar-refractivity contribution in [2.45, 2.75) is 340 Å². The topological polar surface area (TPSA) is 89.8 Å². The lowest BCUT2D eigenvalue weighted by molar-refractivity contribution is -0.124. The zero-order chi connectivity index (χ0) is 46.5. The van der Waals surface area contributed by atoms with Gasteiger partial charge in [0.25, 0.3) is 0 Å². The van der Waals surface area contributed by atoms with Gasteiger partial charge in [-0.2, -0.15) is 0 Å². The summed E-state index contributed by atoms with van der Waals surface area (Å²) in [7, 11) is 0. The van der Waals surface area contributed by atoms with Gasteiger partial charge in [-0.1, -0.05) is 295 Å². The summed E-state index contributed by atoms with van der Waals surface area (Å²) in [6.45, 7) is 4.25. The monoisotopic (exact) mass is 902 g/mol. The van der Waals surface area contributed by atoms with Gasteiger partial charge in [-0.3, -0.25) is 4.79 Å². The zero-order valence-corrected chi connectivity index (χ0v) is 43.4. The van der Waals surface area contributed by atoms with Gasteiger partial charge in [-0.25, -0.2) is 0 Å². The summed E-state index contributed by atoms with van der Waals surface area (Å²) in [5.41, 5.74) is 0. The second kappa shape index (κ2) is 54.4. The number of carbonyl (C=O) groups excluding carboxylic acids is 1. The number of rotatable bonds is 54. The van der Waals surface area contributed by atoms with E-state index in [0.717, 1.165) is 25.7 Å². The molecule has 0 fully saturated rings. The Morgan fingerprint density at radius 1 is 0.391 bits per heavy atom. The predicted octanol–water partition coefficient (Wildman–Crippen LogP) is 18.1. The molecule has 0 radical (unpaired) electrons. The van der Waals surface area contributed by atoms with Gasteiger partial charge in [0.2, 0.25) is 5.91 Å². The van der Waals surface area contributed by atoms with E-state index in [1.54, 1.807) is 6.08 Å². The van der Waals surface area contributed by atoms with Crippen LogP contribution in [-0.4, -0.2) is 46.1 Å². The molecule has 0 rings (SSSR count). The number of aliphatic hydroxyl groups is 3. The van der Waals surface area contributed by atoms with E-state index in [4.69, 9.17) is 0 Å². The van der Waals surface area contributed by atoms with Crippen molar-refractivity contribution in [2.24, 2.45) is 0 Å². The summed E-state index contributed by atoms with van der Waals surface area (Å²) in [6, 6.07) is -0.743. The van der Waals surface area contributed by atoms with E-state index in [1.807, 2.05) is 6.08 Å². The maximum atomic E-state index is 12.5. The van der Waals surface area contributed by atoms with Crippen molar-refractivity contribution in [2.75, 3.05) is 6.61 Å². The highest BCUT2D eigenvalue weighted by molar-refractivity contribution is 5.76. The molecule has 64 heavy (non-hydrogen) atoms. The molecule has 5 heteroatoms. The summed E-state index contributed by atoms with van der Waals surface area (Å²) >= 11 is 0. The average Bonchev–Trinajstić information content (AvgIpc) is 3.29. The highest BCUT2D eigenvalue weighted by atomic mass is 16.3. The maximum absolute atomic E-state index is 12.5. The van der Waals surface area contributed by atoms with Gasteiger partial charge in [-0.15, -0.1) is 0 Å². The molecule has 0 saturated carbocycles. The Bertz CT molecular complexity index is 951. The molecule has 1 amide bonds. The summed E-state index contributed by atoms with van der Waals surface area (Å²) < 4.78 is 0. The first kappa shape index (κ1) is 62.8. The first-order chi connectivity index (χ1) is 31.5. The Morgan fingerprint density at radius 3 is 0.953 bits per heavy atom. The SMILES string of the molecule is CCCCCCCCCCCCCC/C=C\CCCCCCCCCCCCCCCCC(O)CC(=O)NC(CO)C(O)/C=C/CCCCCCCCCCCCCCCCCCC. The number of unbranched alkanes of at least 4 members (excludes halogenated alkanes) is 43. The molecule has 3 unspecified atom stereocenters. The van der Waals surface area contributed by atoms with E-state index in [1.165, 1.54) is 270 Å². The lowest BCUT2D eigenvalue weighted by Gasteiger charge is -2.21. The van der Waals surface area contributed by atoms with E-state index in [2.05, 4.69) is 31.3 Å². The molecule has 380 valence electrons. The van der Waals surface area contributed by atoms with Crippen molar-refractivity contribution in [3.63, 3.8) is 0 Å². The molecule has 0 heterocycles. The Hall–Kier alpha value is -1.17. The molecule has 0 aromatic carbocycles. The molecule has 0 aliphatic rings. The van der Waals surface area contributed by atoms with Crippen LogP contribution >= 0.6 is 0 Å². The Balaban J connectivity index is 3.52. The fourth-order valence-corrected chi connectivity index (χ4v) is 9.28. The van der Waals surface area contributed by atoms with Crippen LogP contribution in [0.25, 0.3) is 0 Å². The van der Waals surface area contributed by atoms with Crippen LogP contribution in [0.1, 0.15) is 322 Å². The van der Waals surface area contributed by atoms with Gasteiger partial charge in [0, 0.05) is 0 Å². The van der Waals surface area contributed by atoms with Crippen molar-refractivity contribution < 1.29 is 20.1 Å². The molecule has 0 aliphatic carbocycles. The number of carbonyl (C=O) groups is 1. The molecule has 0 spiro atoms. The van der Waals surface area contributed by atoms with Gasteiger partial charge in [-0.05, 0) is 44.9 Å². The van der Waals surface area contributed by atoms with Crippen LogP contribution in [0.5, 0.6) is 0 Å². The Morgan fingerprint density at radius 2 is 0.656 bits per heavy atom. The van der Waals surface area contributed by atoms with Gasteiger partial charge < -0.3 is 20.6 Å². The van der Waals surface area contributed by atoms with E-state index in [9.17, 15) is 20.1 Å². The quantitative estimate of drug-likeness (QED) is 0.0362. The normalized spacial score (nSPS) is 13.4. The molecule has 4 N–H and O–H groups in total. The third-order valence-corrected chi connectivity index (χ3v) is 13.7. The minimum atomic E-state index is -0.928. The number of amides is 1. The smallest absolute Gasteiger partial charge is 0.222 e.